The van der Waals surface area contributed by atoms with Gasteiger partial charge in [-0.25, -0.2) is 0 Å². The van der Waals surface area contributed by atoms with Crippen LogP contribution in [-0.2, 0) is 4.74 Å². The van der Waals surface area contributed by atoms with Crippen LogP contribution >= 0.6 is 0 Å². The summed E-state index contributed by atoms with van der Waals surface area (Å²) in [7, 11) is 3.95. The third-order valence-electron chi connectivity index (χ3n) is 3.56. The number of nitrogens with zero attached hydrogens (tertiary/aromatic N) is 1. The highest BCUT2D eigenvalue weighted by molar-refractivity contribution is 4.87. The molecule has 3 atom stereocenters. The fraction of sp³-hybridized carbons (Fsp3) is 1.00. The molecule has 1 saturated carbocycles. The molecule has 0 aromatic heterocycles. The van der Waals surface area contributed by atoms with E-state index in [1.165, 1.54) is 19.3 Å². The highest BCUT2D eigenvalue weighted by atomic mass is 16.5. The number of hydrogen-bond acceptors (Lipinski definition) is 3. The lowest BCUT2D eigenvalue weighted by atomic mass is 9.83. The van der Waals surface area contributed by atoms with Gasteiger partial charge in [-0.3, -0.25) is 0 Å². The minimum Gasteiger partial charge on any atom is -0.385 e. The van der Waals surface area contributed by atoms with Crippen molar-refractivity contribution in [1.29, 1.82) is 0 Å². The molecule has 3 heteroatoms. The van der Waals surface area contributed by atoms with Gasteiger partial charge in [-0.15, -0.1) is 0 Å². The average Bonchev–Trinajstić information content (AvgIpc) is 2.22. The highest BCUT2D eigenvalue weighted by Gasteiger charge is 2.28. The molecule has 1 aliphatic carbocycles. The van der Waals surface area contributed by atoms with Crippen LogP contribution in [0.15, 0.2) is 0 Å². The van der Waals surface area contributed by atoms with Gasteiger partial charge in [-0.05, 0) is 38.6 Å². The Labute approximate surface area is 94.0 Å². The van der Waals surface area contributed by atoms with E-state index >= 15 is 0 Å². The summed E-state index contributed by atoms with van der Waals surface area (Å²) in [5.74, 6) is 0.833. The van der Waals surface area contributed by atoms with Gasteiger partial charge in [0.2, 0.25) is 0 Å². The molecular formula is C12H26N2O. The lowest BCUT2D eigenvalue weighted by Gasteiger charge is -2.38. The summed E-state index contributed by atoms with van der Waals surface area (Å²) in [4.78, 5) is 2.42. The third kappa shape index (κ3) is 4.09. The predicted octanol–water partition coefficient (Wildman–Crippen LogP) is 1.47. The summed E-state index contributed by atoms with van der Waals surface area (Å²) < 4.78 is 5.07. The Kier molecular flexibility index (Phi) is 5.58. The zero-order valence-electron chi connectivity index (χ0n) is 10.4. The second-order valence-corrected chi connectivity index (χ2v) is 4.98. The maximum atomic E-state index is 6.17. The monoisotopic (exact) mass is 214 g/mol. The van der Waals surface area contributed by atoms with Crippen molar-refractivity contribution in [3.05, 3.63) is 0 Å². The van der Waals surface area contributed by atoms with Gasteiger partial charge in [-0.2, -0.15) is 0 Å². The Morgan fingerprint density at radius 2 is 2.13 bits per heavy atom. The molecule has 1 aliphatic rings. The maximum Gasteiger partial charge on any atom is 0.0474 e. The molecule has 0 aliphatic heterocycles. The quantitative estimate of drug-likeness (QED) is 0.704. The first-order valence-corrected chi connectivity index (χ1v) is 6.10. The van der Waals surface area contributed by atoms with Gasteiger partial charge in [-0.1, -0.05) is 6.92 Å². The summed E-state index contributed by atoms with van der Waals surface area (Å²) in [6.45, 7) is 4.28. The SMILES string of the molecule is COCCCN(C)C1CC(C)CCC1N. The van der Waals surface area contributed by atoms with Crippen LogP contribution in [0.2, 0.25) is 0 Å². The third-order valence-corrected chi connectivity index (χ3v) is 3.56. The molecule has 1 fully saturated rings. The molecule has 2 N–H and O–H groups in total. The Hall–Kier alpha value is -0.120. The number of methoxy groups -OCH3 is 1. The van der Waals surface area contributed by atoms with Crippen LogP contribution in [0, 0.1) is 5.92 Å². The van der Waals surface area contributed by atoms with E-state index in [1.54, 1.807) is 7.11 Å². The fourth-order valence-electron chi connectivity index (χ4n) is 2.51. The summed E-state index contributed by atoms with van der Waals surface area (Å²) in [5.41, 5.74) is 6.17. The van der Waals surface area contributed by atoms with Crippen molar-refractivity contribution >= 4 is 0 Å². The summed E-state index contributed by atoms with van der Waals surface area (Å²) in [6, 6.07) is 0.944. The molecule has 0 bridgehead atoms. The zero-order chi connectivity index (χ0) is 11.3. The van der Waals surface area contributed by atoms with E-state index in [9.17, 15) is 0 Å². The molecule has 0 heterocycles. The van der Waals surface area contributed by atoms with Crippen LogP contribution in [0.1, 0.15) is 32.6 Å². The molecule has 0 amide bonds. The number of rotatable bonds is 5. The number of hydrogen-bond donors (Lipinski definition) is 1. The molecule has 90 valence electrons. The molecule has 0 aromatic rings. The summed E-state index contributed by atoms with van der Waals surface area (Å²) in [5, 5.41) is 0. The van der Waals surface area contributed by atoms with Crippen molar-refractivity contribution in [2.24, 2.45) is 11.7 Å². The Morgan fingerprint density at radius 3 is 2.80 bits per heavy atom. The first-order valence-electron chi connectivity index (χ1n) is 6.10. The molecular weight excluding hydrogens is 188 g/mol. The van der Waals surface area contributed by atoms with E-state index in [0.717, 1.165) is 25.5 Å². The van der Waals surface area contributed by atoms with Crippen LogP contribution in [-0.4, -0.2) is 44.3 Å². The molecule has 1 rings (SSSR count). The lowest BCUT2D eigenvalue weighted by molar-refractivity contribution is 0.123. The van der Waals surface area contributed by atoms with Gasteiger partial charge < -0.3 is 15.4 Å². The number of nitrogens with two attached hydrogens (primary N) is 1. The number of likely N-dealkylation sites (N-methyl/N-ethyl adjacent to an activating group) is 1. The highest BCUT2D eigenvalue weighted by Crippen LogP contribution is 2.26. The second kappa shape index (κ2) is 6.46. The smallest absolute Gasteiger partial charge is 0.0474 e. The second-order valence-electron chi connectivity index (χ2n) is 4.98. The van der Waals surface area contributed by atoms with Crippen LogP contribution in [0.25, 0.3) is 0 Å². The fourth-order valence-corrected chi connectivity index (χ4v) is 2.51. The molecule has 3 nitrogen and oxygen atoms in total. The molecule has 3 unspecified atom stereocenters. The van der Waals surface area contributed by atoms with Gasteiger partial charge >= 0.3 is 0 Å². The van der Waals surface area contributed by atoms with Gasteiger partial charge in [0, 0.05) is 32.3 Å². The van der Waals surface area contributed by atoms with Crippen LogP contribution in [0.4, 0.5) is 0 Å². The van der Waals surface area contributed by atoms with Gasteiger partial charge in [0.15, 0.2) is 0 Å². The summed E-state index contributed by atoms with van der Waals surface area (Å²) >= 11 is 0. The maximum absolute atomic E-state index is 6.17. The van der Waals surface area contributed by atoms with Crippen molar-refractivity contribution < 1.29 is 4.74 Å². The van der Waals surface area contributed by atoms with Gasteiger partial charge in [0.05, 0.1) is 0 Å². The van der Waals surface area contributed by atoms with Crippen molar-refractivity contribution in [1.82, 2.24) is 4.90 Å². The van der Waals surface area contributed by atoms with Gasteiger partial charge in [0.25, 0.3) is 0 Å². The minimum absolute atomic E-state index is 0.369. The van der Waals surface area contributed by atoms with E-state index in [4.69, 9.17) is 10.5 Å². The van der Waals surface area contributed by atoms with E-state index in [0.29, 0.717) is 12.1 Å². The first kappa shape index (κ1) is 12.9. The van der Waals surface area contributed by atoms with Crippen molar-refractivity contribution in [3.63, 3.8) is 0 Å². The van der Waals surface area contributed by atoms with E-state index in [-0.39, 0.29) is 0 Å². The Bertz CT molecular complexity index is 175. The first-order chi connectivity index (χ1) is 7.15. The topological polar surface area (TPSA) is 38.5 Å². The Balaban J connectivity index is 2.32. The van der Waals surface area contributed by atoms with Crippen molar-refractivity contribution in [3.8, 4) is 0 Å². The molecule has 15 heavy (non-hydrogen) atoms. The van der Waals surface area contributed by atoms with E-state index in [1.807, 2.05) is 0 Å². The van der Waals surface area contributed by atoms with Crippen LogP contribution in [0.5, 0.6) is 0 Å². The van der Waals surface area contributed by atoms with Crippen LogP contribution in [0.3, 0.4) is 0 Å². The largest absolute Gasteiger partial charge is 0.385 e. The van der Waals surface area contributed by atoms with E-state index < -0.39 is 0 Å². The lowest BCUT2D eigenvalue weighted by Crippen LogP contribution is -2.49. The van der Waals surface area contributed by atoms with Crippen molar-refractivity contribution in [2.75, 3.05) is 27.3 Å². The molecule has 0 aromatic carbocycles. The Morgan fingerprint density at radius 1 is 1.40 bits per heavy atom. The van der Waals surface area contributed by atoms with E-state index in [2.05, 4.69) is 18.9 Å². The van der Waals surface area contributed by atoms with Gasteiger partial charge in [0.1, 0.15) is 0 Å². The van der Waals surface area contributed by atoms with Crippen LogP contribution < -0.4 is 5.73 Å². The zero-order valence-corrected chi connectivity index (χ0v) is 10.4. The molecule has 0 spiro atoms. The number of ether oxygens (including phenoxy) is 1. The molecule has 0 saturated heterocycles. The average molecular weight is 214 g/mol. The minimum atomic E-state index is 0.369. The summed E-state index contributed by atoms with van der Waals surface area (Å²) in [6.07, 6.45) is 4.83. The standard InChI is InChI=1S/C12H26N2O/c1-10-5-6-11(13)12(9-10)14(2)7-4-8-15-3/h10-12H,4-9,13H2,1-3H3. The predicted molar refractivity (Wildman–Crippen MR) is 63.9 cm³/mol. The van der Waals surface area contributed by atoms with Crippen molar-refractivity contribution in [2.45, 2.75) is 44.7 Å². The molecule has 0 radical (unpaired) electrons. The normalized spacial score (nSPS) is 32.2.